The van der Waals surface area contributed by atoms with E-state index in [0.717, 1.165) is 47.5 Å². The second-order valence-electron chi connectivity index (χ2n) is 7.09. The number of aromatic nitrogens is 3. The van der Waals surface area contributed by atoms with Gasteiger partial charge in [0, 0.05) is 16.7 Å². The quantitative estimate of drug-likeness (QED) is 0.337. The molecular weight excluding hydrogens is 409 g/mol. The second-order valence-corrected chi connectivity index (χ2v) is 9.12. The van der Waals surface area contributed by atoms with E-state index in [9.17, 15) is 9.18 Å². The molecule has 0 N–H and O–H groups in total. The molecule has 5 nitrogen and oxygen atoms in total. The molecule has 0 amide bonds. The molecule has 148 valence electrons. The summed E-state index contributed by atoms with van der Waals surface area (Å²) in [6.45, 7) is 1.83. The van der Waals surface area contributed by atoms with Gasteiger partial charge >= 0.3 is 0 Å². The van der Waals surface area contributed by atoms with Crippen molar-refractivity contribution in [3.63, 3.8) is 0 Å². The smallest absolute Gasteiger partial charge is 0.267 e. The van der Waals surface area contributed by atoms with Crippen LogP contribution in [0.15, 0.2) is 44.8 Å². The summed E-state index contributed by atoms with van der Waals surface area (Å²) in [5, 5.41) is 5.12. The average Bonchev–Trinajstić information content (AvgIpc) is 3.30. The van der Waals surface area contributed by atoms with E-state index in [1.165, 1.54) is 27.3 Å². The van der Waals surface area contributed by atoms with Gasteiger partial charge in [-0.2, -0.15) is 0 Å². The Kier molecular flexibility index (Phi) is 4.75. The van der Waals surface area contributed by atoms with Crippen molar-refractivity contribution >= 4 is 33.3 Å². The molecule has 0 unspecified atom stereocenters. The van der Waals surface area contributed by atoms with E-state index in [1.54, 1.807) is 29.5 Å². The van der Waals surface area contributed by atoms with Gasteiger partial charge in [0.1, 0.15) is 16.4 Å². The standard InChI is InChI=1S/C21H18FN3O2S2/c1-12-10-13(24-27-12)11-28-21-23-19-18(14-6-2-5-9-17(14)29-19)20(26)25(21)16-8-4-3-7-15(16)22/h3-4,7-8,10H,2,5-6,9,11H2,1H3. The molecule has 0 saturated heterocycles. The van der Waals surface area contributed by atoms with E-state index >= 15 is 0 Å². The lowest BCUT2D eigenvalue weighted by Crippen LogP contribution is -2.23. The zero-order chi connectivity index (χ0) is 20.0. The minimum absolute atomic E-state index is 0.196. The van der Waals surface area contributed by atoms with Crippen LogP contribution in [0.3, 0.4) is 0 Å². The third-order valence-corrected chi connectivity index (χ3v) is 7.24. The Morgan fingerprint density at radius 3 is 2.90 bits per heavy atom. The maximum absolute atomic E-state index is 14.6. The van der Waals surface area contributed by atoms with Crippen molar-refractivity contribution in [1.29, 1.82) is 0 Å². The molecule has 1 aliphatic rings. The van der Waals surface area contributed by atoms with Crippen LogP contribution in [0.2, 0.25) is 0 Å². The van der Waals surface area contributed by atoms with Gasteiger partial charge in [-0.3, -0.25) is 9.36 Å². The molecule has 0 spiro atoms. The van der Waals surface area contributed by atoms with Gasteiger partial charge in [0.25, 0.3) is 5.56 Å². The second kappa shape index (κ2) is 7.42. The van der Waals surface area contributed by atoms with Crippen molar-refractivity contribution in [2.75, 3.05) is 0 Å². The van der Waals surface area contributed by atoms with E-state index < -0.39 is 5.82 Å². The maximum atomic E-state index is 14.6. The largest absolute Gasteiger partial charge is 0.361 e. The zero-order valence-corrected chi connectivity index (χ0v) is 17.4. The first-order valence-corrected chi connectivity index (χ1v) is 11.3. The van der Waals surface area contributed by atoms with Crippen LogP contribution in [0.25, 0.3) is 15.9 Å². The third kappa shape index (κ3) is 3.30. The summed E-state index contributed by atoms with van der Waals surface area (Å²) in [7, 11) is 0. The van der Waals surface area contributed by atoms with Crippen LogP contribution in [-0.2, 0) is 18.6 Å². The number of para-hydroxylation sites is 1. The highest BCUT2D eigenvalue weighted by atomic mass is 32.2. The first-order chi connectivity index (χ1) is 14.1. The SMILES string of the molecule is Cc1cc(CSc2nc3sc4c(c3c(=O)n2-c2ccccc2F)CCCC4)no1. The molecule has 8 heteroatoms. The van der Waals surface area contributed by atoms with Crippen LogP contribution in [0.4, 0.5) is 4.39 Å². The van der Waals surface area contributed by atoms with Crippen molar-refractivity contribution in [3.8, 4) is 5.69 Å². The zero-order valence-electron chi connectivity index (χ0n) is 15.8. The van der Waals surface area contributed by atoms with Crippen molar-refractivity contribution < 1.29 is 8.91 Å². The number of benzene rings is 1. The molecule has 0 radical (unpaired) electrons. The van der Waals surface area contributed by atoms with Gasteiger partial charge in [-0.1, -0.05) is 29.1 Å². The molecule has 3 aromatic heterocycles. The molecule has 0 saturated carbocycles. The Hall–Kier alpha value is -2.45. The van der Waals surface area contributed by atoms with Crippen molar-refractivity contribution in [1.82, 2.24) is 14.7 Å². The fraction of sp³-hybridized carbons (Fsp3) is 0.286. The molecule has 0 atom stereocenters. The summed E-state index contributed by atoms with van der Waals surface area (Å²) in [6, 6.07) is 8.18. The van der Waals surface area contributed by atoms with Gasteiger partial charge in [-0.15, -0.1) is 11.3 Å². The first kappa shape index (κ1) is 18.6. The molecule has 1 aliphatic carbocycles. The van der Waals surface area contributed by atoms with Gasteiger partial charge in [0.2, 0.25) is 0 Å². The number of hydrogen-bond acceptors (Lipinski definition) is 6. The molecule has 3 heterocycles. The molecule has 0 fully saturated rings. The summed E-state index contributed by atoms with van der Waals surface area (Å²) in [6.07, 6.45) is 4.07. The van der Waals surface area contributed by atoms with Crippen LogP contribution < -0.4 is 5.56 Å². The van der Waals surface area contributed by atoms with Gasteiger partial charge < -0.3 is 4.52 Å². The van der Waals surface area contributed by atoms with E-state index in [2.05, 4.69) is 5.16 Å². The Bertz CT molecular complexity index is 1270. The molecule has 5 rings (SSSR count). The Labute approximate surface area is 174 Å². The van der Waals surface area contributed by atoms with Crippen LogP contribution >= 0.6 is 23.1 Å². The van der Waals surface area contributed by atoms with E-state index in [-0.39, 0.29) is 11.2 Å². The minimum Gasteiger partial charge on any atom is -0.361 e. The van der Waals surface area contributed by atoms with Crippen LogP contribution in [0.5, 0.6) is 0 Å². The number of rotatable bonds is 4. The topological polar surface area (TPSA) is 60.9 Å². The minimum atomic E-state index is -0.445. The summed E-state index contributed by atoms with van der Waals surface area (Å²) in [5.41, 5.74) is 1.88. The normalized spacial score (nSPS) is 13.7. The van der Waals surface area contributed by atoms with Gasteiger partial charge in [-0.25, -0.2) is 9.37 Å². The highest BCUT2D eigenvalue weighted by Crippen LogP contribution is 2.35. The highest BCUT2D eigenvalue weighted by Gasteiger charge is 2.24. The predicted molar refractivity (Wildman–Crippen MR) is 113 cm³/mol. The molecular formula is C21H18FN3O2S2. The fourth-order valence-corrected chi connectivity index (χ4v) is 5.94. The van der Waals surface area contributed by atoms with E-state index in [4.69, 9.17) is 9.51 Å². The highest BCUT2D eigenvalue weighted by molar-refractivity contribution is 7.98. The summed E-state index contributed by atoms with van der Waals surface area (Å²) >= 11 is 2.96. The lowest BCUT2D eigenvalue weighted by atomic mass is 9.97. The summed E-state index contributed by atoms with van der Waals surface area (Å²) < 4.78 is 21.2. The van der Waals surface area contributed by atoms with Gasteiger partial charge in [0.05, 0.1) is 16.8 Å². The van der Waals surface area contributed by atoms with Crippen LogP contribution in [0, 0.1) is 12.7 Å². The van der Waals surface area contributed by atoms with Gasteiger partial charge in [-0.05, 0) is 50.3 Å². The molecule has 1 aromatic carbocycles. The van der Waals surface area contributed by atoms with Crippen molar-refractivity contribution in [2.24, 2.45) is 0 Å². The predicted octanol–water partition coefficient (Wildman–Crippen LogP) is 5.05. The van der Waals surface area contributed by atoms with E-state index in [0.29, 0.717) is 16.3 Å². The number of fused-ring (bicyclic) bond motifs is 3. The summed E-state index contributed by atoms with van der Waals surface area (Å²) in [5.74, 6) is 0.759. The number of thiophene rings is 1. The van der Waals surface area contributed by atoms with Crippen molar-refractivity contribution in [2.45, 2.75) is 43.5 Å². The van der Waals surface area contributed by atoms with Gasteiger partial charge in [0.15, 0.2) is 5.16 Å². The maximum Gasteiger partial charge on any atom is 0.267 e. The monoisotopic (exact) mass is 427 g/mol. The lowest BCUT2D eigenvalue weighted by molar-refractivity contribution is 0.393. The molecule has 4 aromatic rings. The third-order valence-electron chi connectivity index (χ3n) is 5.08. The molecule has 0 bridgehead atoms. The average molecular weight is 428 g/mol. The Balaban J connectivity index is 1.70. The van der Waals surface area contributed by atoms with Crippen molar-refractivity contribution in [3.05, 3.63) is 68.4 Å². The number of aryl methyl sites for hydroxylation is 3. The number of hydrogen-bond donors (Lipinski definition) is 0. The van der Waals surface area contributed by atoms with Crippen LogP contribution in [-0.4, -0.2) is 14.7 Å². The van der Waals surface area contributed by atoms with E-state index in [1.807, 2.05) is 13.0 Å². The van der Waals surface area contributed by atoms with Crippen LogP contribution in [0.1, 0.15) is 34.7 Å². The lowest BCUT2D eigenvalue weighted by Gasteiger charge is -2.13. The number of halogens is 1. The molecule has 29 heavy (non-hydrogen) atoms. The fourth-order valence-electron chi connectivity index (χ4n) is 3.75. The Morgan fingerprint density at radius 1 is 1.28 bits per heavy atom. The number of nitrogens with zero attached hydrogens (tertiary/aromatic N) is 3. The summed E-state index contributed by atoms with van der Waals surface area (Å²) in [4.78, 5) is 20.4. The number of thioether (sulfide) groups is 1. The first-order valence-electron chi connectivity index (χ1n) is 9.49. The Morgan fingerprint density at radius 2 is 2.10 bits per heavy atom. The molecule has 0 aliphatic heterocycles.